The zero-order chi connectivity index (χ0) is 10.7. The summed E-state index contributed by atoms with van der Waals surface area (Å²) in [6.07, 6.45) is 3.02. The van der Waals surface area contributed by atoms with Gasteiger partial charge in [-0.05, 0) is 12.0 Å². The molecule has 1 rings (SSSR count). The Hall–Kier alpha value is -1.78. The molecule has 0 spiro atoms. The van der Waals surface area contributed by atoms with Crippen molar-refractivity contribution in [2.45, 2.75) is 19.8 Å². The monoisotopic (exact) mass is 195 g/mol. The van der Waals surface area contributed by atoms with Crippen molar-refractivity contribution in [3.8, 4) is 0 Å². The van der Waals surface area contributed by atoms with E-state index in [0.29, 0.717) is 5.69 Å². The van der Waals surface area contributed by atoms with Crippen LogP contribution in [0.2, 0.25) is 0 Å². The second-order valence-electron chi connectivity index (χ2n) is 3.10. The molecule has 0 radical (unpaired) electrons. The molecular formula is C9H13N3O2. The number of hydrogen-bond donors (Lipinski definition) is 1. The van der Waals surface area contributed by atoms with Crippen molar-refractivity contribution in [3.05, 3.63) is 34.7 Å². The number of hydrogen-bond acceptors (Lipinski definition) is 3. The van der Waals surface area contributed by atoms with E-state index in [4.69, 9.17) is 5.84 Å². The molecule has 5 heteroatoms. The van der Waals surface area contributed by atoms with Crippen molar-refractivity contribution in [3.63, 3.8) is 0 Å². The van der Waals surface area contributed by atoms with Crippen LogP contribution >= 0.6 is 0 Å². The van der Waals surface area contributed by atoms with Gasteiger partial charge in [0.2, 0.25) is 0 Å². The van der Waals surface area contributed by atoms with Gasteiger partial charge < -0.3 is 5.84 Å². The summed E-state index contributed by atoms with van der Waals surface area (Å²) >= 11 is 0. The third kappa shape index (κ3) is 1.93. The molecule has 2 N–H and O–H groups in total. The molecule has 1 heterocycles. The van der Waals surface area contributed by atoms with Gasteiger partial charge in [0.25, 0.3) is 5.69 Å². The smallest absolute Gasteiger partial charge is 0.289 e. The number of nitro groups is 1. The van der Waals surface area contributed by atoms with Gasteiger partial charge in [-0.25, -0.2) is 0 Å². The predicted molar refractivity (Wildman–Crippen MR) is 55.2 cm³/mol. The largest absolute Gasteiger partial charge is 0.339 e. The van der Waals surface area contributed by atoms with Crippen molar-refractivity contribution in [2.24, 2.45) is 0 Å². The Morgan fingerprint density at radius 2 is 2.43 bits per heavy atom. The summed E-state index contributed by atoms with van der Waals surface area (Å²) in [4.78, 5) is 9.99. The molecule has 0 fully saturated rings. The fraction of sp³-hybridized carbons (Fsp3) is 0.333. The zero-order valence-electron chi connectivity index (χ0n) is 8.06. The predicted octanol–water partition coefficient (Wildman–Crippen LogP) is 1.92. The second-order valence-corrected chi connectivity index (χ2v) is 3.10. The topological polar surface area (TPSA) is 74.1 Å². The van der Waals surface area contributed by atoms with Gasteiger partial charge in [0.15, 0.2) is 0 Å². The molecule has 14 heavy (non-hydrogen) atoms. The first-order chi connectivity index (χ1) is 6.56. The lowest BCUT2D eigenvalue weighted by atomic mass is 10.1. The molecule has 0 bridgehead atoms. The lowest BCUT2D eigenvalue weighted by Crippen LogP contribution is -2.09. The van der Waals surface area contributed by atoms with Crippen LogP contribution in [0.25, 0.3) is 5.57 Å². The molecule has 76 valence electrons. The van der Waals surface area contributed by atoms with Gasteiger partial charge in [0.05, 0.1) is 10.6 Å². The molecule has 0 saturated heterocycles. The van der Waals surface area contributed by atoms with E-state index in [1.807, 2.05) is 6.92 Å². The number of nitrogens with zero attached hydrogens (tertiary/aromatic N) is 2. The Bertz CT molecular complexity index is 368. The van der Waals surface area contributed by atoms with E-state index in [0.717, 1.165) is 18.4 Å². The van der Waals surface area contributed by atoms with Gasteiger partial charge in [0, 0.05) is 6.07 Å². The molecule has 1 aromatic rings. The summed E-state index contributed by atoms with van der Waals surface area (Å²) in [6, 6.07) is 1.44. The lowest BCUT2D eigenvalue weighted by Gasteiger charge is -2.03. The SMILES string of the molecule is C=C(CCC)c1cc([N+](=O)[O-])cn1N. The second kappa shape index (κ2) is 3.95. The van der Waals surface area contributed by atoms with Crippen LogP contribution in [0.4, 0.5) is 5.69 Å². The van der Waals surface area contributed by atoms with Crippen molar-refractivity contribution < 1.29 is 4.92 Å². The molecule has 0 aromatic carbocycles. The first-order valence-electron chi connectivity index (χ1n) is 4.36. The van der Waals surface area contributed by atoms with Crippen LogP contribution in [0.1, 0.15) is 25.5 Å². The third-order valence-corrected chi connectivity index (χ3v) is 1.96. The van der Waals surface area contributed by atoms with Gasteiger partial charge >= 0.3 is 0 Å². The summed E-state index contributed by atoms with van der Waals surface area (Å²) in [6.45, 7) is 5.84. The molecule has 0 unspecified atom stereocenters. The Kier molecular flexibility index (Phi) is 2.91. The highest BCUT2D eigenvalue weighted by Crippen LogP contribution is 2.22. The molecule has 1 aromatic heterocycles. The number of aromatic nitrogens is 1. The fourth-order valence-corrected chi connectivity index (χ4v) is 1.28. The van der Waals surface area contributed by atoms with Crippen LogP contribution in [0.3, 0.4) is 0 Å². The van der Waals surface area contributed by atoms with Gasteiger partial charge in [-0.1, -0.05) is 19.9 Å². The highest BCUT2D eigenvalue weighted by atomic mass is 16.6. The molecule has 0 amide bonds. The maximum absolute atomic E-state index is 10.5. The third-order valence-electron chi connectivity index (χ3n) is 1.96. The molecule has 0 atom stereocenters. The van der Waals surface area contributed by atoms with E-state index in [2.05, 4.69) is 6.58 Å². The van der Waals surface area contributed by atoms with Crippen LogP contribution in [0.5, 0.6) is 0 Å². The maximum atomic E-state index is 10.5. The Morgan fingerprint density at radius 3 is 2.86 bits per heavy atom. The normalized spacial score (nSPS) is 10.1. The highest BCUT2D eigenvalue weighted by Gasteiger charge is 2.13. The standard InChI is InChI=1S/C9H13N3O2/c1-3-4-7(2)9-5-8(12(13)14)6-11(9)10/h5-6H,2-4,10H2,1H3. The summed E-state index contributed by atoms with van der Waals surface area (Å²) in [5, 5.41) is 10.5. The van der Waals surface area contributed by atoms with Crippen LogP contribution < -0.4 is 5.84 Å². The van der Waals surface area contributed by atoms with Crippen LogP contribution in [0, 0.1) is 10.1 Å². The molecule has 0 aliphatic rings. The van der Waals surface area contributed by atoms with Crippen molar-refractivity contribution in [2.75, 3.05) is 5.84 Å². The van der Waals surface area contributed by atoms with Crippen molar-refractivity contribution >= 4 is 11.3 Å². The van der Waals surface area contributed by atoms with Crippen LogP contribution in [-0.4, -0.2) is 9.60 Å². The number of nitrogens with two attached hydrogens (primary N) is 1. The van der Waals surface area contributed by atoms with Gasteiger partial charge in [-0.15, -0.1) is 0 Å². The van der Waals surface area contributed by atoms with E-state index in [-0.39, 0.29) is 5.69 Å². The first-order valence-corrected chi connectivity index (χ1v) is 4.36. The van der Waals surface area contributed by atoms with Crippen molar-refractivity contribution in [1.29, 1.82) is 0 Å². The molecular weight excluding hydrogens is 182 g/mol. The minimum atomic E-state index is -0.466. The summed E-state index contributed by atoms with van der Waals surface area (Å²) < 4.78 is 1.25. The number of nitrogen functional groups attached to an aromatic ring is 1. The Labute approximate surface area is 81.9 Å². The Balaban J connectivity index is 2.98. The summed E-state index contributed by atoms with van der Waals surface area (Å²) in [5.41, 5.74) is 1.45. The van der Waals surface area contributed by atoms with E-state index in [1.54, 1.807) is 0 Å². The number of rotatable bonds is 4. The lowest BCUT2D eigenvalue weighted by molar-refractivity contribution is -0.384. The average Bonchev–Trinajstić information content (AvgIpc) is 2.48. The zero-order valence-corrected chi connectivity index (χ0v) is 8.06. The van der Waals surface area contributed by atoms with Crippen LogP contribution in [-0.2, 0) is 0 Å². The van der Waals surface area contributed by atoms with E-state index < -0.39 is 4.92 Å². The van der Waals surface area contributed by atoms with Gasteiger partial charge in [-0.3, -0.25) is 14.8 Å². The van der Waals surface area contributed by atoms with E-state index >= 15 is 0 Å². The van der Waals surface area contributed by atoms with Crippen LogP contribution in [0.15, 0.2) is 18.8 Å². The number of allylic oxidation sites excluding steroid dienone is 1. The summed E-state index contributed by atoms with van der Waals surface area (Å²) in [5.74, 6) is 5.56. The quantitative estimate of drug-likeness (QED) is 0.453. The molecule has 0 saturated carbocycles. The molecule has 0 aliphatic carbocycles. The summed E-state index contributed by atoms with van der Waals surface area (Å²) in [7, 11) is 0. The highest BCUT2D eigenvalue weighted by molar-refractivity contribution is 5.63. The fourth-order valence-electron chi connectivity index (χ4n) is 1.28. The van der Waals surface area contributed by atoms with Crippen molar-refractivity contribution in [1.82, 2.24) is 4.68 Å². The van der Waals surface area contributed by atoms with Gasteiger partial charge in [-0.2, -0.15) is 0 Å². The minimum Gasteiger partial charge on any atom is -0.339 e. The maximum Gasteiger partial charge on any atom is 0.289 e. The first kappa shape index (κ1) is 10.3. The van der Waals surface area contributed by atoms with E-state index in [1.165, 1.54) is 16.9 Å². The molecule has 0 aliphatic heterocycles. The molecule has 5 nitrogen and oxygen atoms in total. The van der Waals surface area contributed by atoms with Gasteiger partial charge in [0.1, 0.15) is 6.20 Å². The van der Waals surface area contributed by atoms with E-state index in [9.17, 15) is 10.1 Å². The Morgan fingerprint density at radius 1 is 1.79 bits per heavy atom. The minimum absolute atomic E-state index is 0.000229. The average molecular weight is 195 g/mol.